The van der Waals surface area contributed by atoms with Crippen LogP contribution in [0.15, 0.2) is 77.7 Å². The van der Waals surface area contributed by atoms with Crippen LogP contribution in [0.3, 0.4) is 0 Å². The number of hydrogen-bond acceptors (Lipinski definition) is 5. The van der Waals surface area contributed by atoms with Gasteiger partial charge in [-0.1, -0.05) is 85.5 Å². The Morgan fingerprint density at radius 1 is 0.897 bits per heavy atom. The number of Topliss-reactive ketones (excluding diaryl/α,β-unsaturated/α-hetero) is 1. The topological polar surface area (TPSA) is 80.8 Å². The van der Waals surface area contributed by atoms with Crippen molar-refractivity contribution in [2.45, 2.75) is 68.7 Å². The smallest absolute Gasteiger partial charge is 0.308 e. The van der Waals surface area contributed by atoms with E-state index in [1.807, 2.05) is 55.5 Å². The fraction of sp³-hybridized carbons (Fsp3) is 0.375. The SMILES string of the molecule is Cc1ccc(S(=O)(=O)N2CCc3ccccc3C2CC(=O)OCC(=O)c2ccc(C3CCCCC3)cc2)cc1. The van der Waals surface area contributed by atoms with E-state index in [9.17, 15) is 18.0 Å². The van der Waals surface area contributed by atoms with Gasteiger partial charge < -0.3 is 4.74 Å². The summed E-state index contributed by atoms with van der Waals surface area (Å²) < 4.78 is 34.0. The first kappa shape index (κ1) is 27.3. The van der Waals surface area contributed by atoms with Gasteiger partial charge in [-0.05, 0) is 60.9 Å². The molecular formula is C32H35NO5S. The summed E-state index contributed by atoms with van der Waals surface area (Å²) in [6, 6.07) is 21.2. The Bertz CT molecular complexity index is 1420. The van der Waals surface area contributed by atoms with Gasteiger partial charge in [0.05, 0.1) is 17.4 Å². The van der Waals surface area contributed by atoms with Gasteiger partial charge in [0.1, 0.15) is 0 Å². The molecule has 1 aliphatic carbocycles. The van der Waals surface area contributed by atoms with Gasteiger partial charge in [-0.2, -0.15) is 4.31 Å². The number of carbonyl (C=O) groups excluding carboxylic acids is 2. The van der Waals surface area contributed by atoms with E-state index in [2.05, 4.69) is 0 Å². The number of benzene rings is 3. The highest BCUT2D eigenvalue weighted by molar-refractivity contribution is 7.89. The van der Waals surface area contributed by atoms with Crippen LogP contribution in [0, 0.1) is 6.92 Å². The Balaban J connectivity index is 1.27. The molecule has 7 heteroatoms. The minimum atomic E-state index is -3.85. The molecule has 0 N–H and O–H groups in total. The van der Waals surface area contributed by atoms with Gasteiger partial charge in [0.25, 0.3) is 0 Å². The van der Waals surface area contributed by atoms with E-state index < -0.39 is 22.0 Å². The second-order valence-electron chi connectivity index (χ2n) is 10.6. The number of ketones is 1. The van der Waals surface area contributed by atoms with Crippen molar-refractivity contribution in [3.05, 3.63) is 101 Å². The first-order valence-electron chi connectivity index (χ1n) is 13.8. The molecule has 204 valence electrons. The second-order valence-corrected chi connectivity index (χ2v) is 12.5. The van der Waals surface area contributed by atoms with Gasteiger partial charge in [-0.15, -0.1) is 0 Å². The molecule has 0 bridgehead atoms. The molecule has 0 aromatic heterocycles. The predicted octanol–water partition coefficient (Wildman–Crippen LogP) is 6.15. The summed E-state index contributed by atoms with van der Waals surface area (Å²) in [5.41, 5.74) is 4.54. The van der Waals surface area contributed by atoms with Gasteiger partial charge in [0, 0.05) is 12.1 Å². The number of rotatable bonds is 8. The van der Waals surface area contributed by atoms with Crippen molar-refractivity contribution in [2.75, 3.05) is 13.2 Å². The number of carbonyl (C=O) groups is 2. The summed E-state index contributed by atoms with van der Waals surface area (Å²) in [6.45, 7) is 1.79. The monoisotopic (exact) mass is 545 g/mol. The van der Waals surface area contributed by atoms with Crippen LogP contribution in [0.2, 0.25) is 0 Å². The zero-order chi connectivity index (χ0) is 27.4. The lowest BCUT2D eigenvalue weighted by atomic mass is 9.84. The zero-order valence-electron chi connectivity index (χ0n) is 22.3. The van der Waals surface area contributed by atoms with Crippen molar-refractivity contribution < 1.29 is 22.7 Å². The number of sulfonamides is 1. The molecule has 0 amide bonds. The van der Waals surface area contributed by atoms with Crippen LogP contribution < -0.4 is 0 Å². The van der Waals surface area contributed by atoms with Crippen LogP contribution >= 0.6 is 0 Å². The number of hydrogen-bond donors (Lipinski definition) is 0. The third kappa shape index (κ3) is 6.15. The fourth-order valence-corrected chi connectivity index (χ4v) is 7.40. The van der Waals surface area contributed by atoms with Crippen LogP contribution in [-0.2, 0) is 26.0 Å². The van der Waals surface area contributed by atoms with E-state index in [-0.39, 0.29) is 30.3 Å². The molecule has 1 fully saturated rings. The lowest BCUT2D eigenvalue weighted by Crippen LogP contribution is -2.41. The molecule has 6 nitrogen and oxygen atoms in total. The van der Waals surface area contributed by atoms with Crippen LogP contribution in [0.4, 0.5) is 0 Å². The maximum atomic E-state index is 13.6. The average Bonchev–Trinajstić information content (AvgIpc) is 2.97. The predicted molar refractivity (Wildman–Crippen MR) is 150 cm³/mol. The zero-order valence-corrected chi connectivity index (χ0v) is 23.2. The molecule has 0 spiro atoms. The van der Waals surface area contributed by atoms with Crippen LogP contribution in [-0.4, -0.2) is 37.6 Å². The number of ether oxygens (including phenoxy) is 1. The molecule has 1 aliphatic heterocycles. The van der Waals surface area contributed by atoms with Crippen molar-refractivity contribution >= 4 is 21.8 Å². The molecule has 5 rings (SSSR count). The normalized spacial score (nSPS) is 18.3. The van der Waals surface area contributed by atoms with Crippen molar-refractivity contribution in [3.63, 3.8) is 0 Å². The summed E-state index contributed by atoms with van der Waals surface area (Å²) in [6.07, 6.45) is 6.55. The number of nitrogens with zero attached hydrogens (tertiary/aromatic N) is 1. The standard InChI is InChI=1S/C32H35NO5S/c1-23-11-17-28(18-12-23)39(36,37)33-20-19-26-9-5-6-10-29(26)30(33)21-32(35)38-22-31(34)27-15-13-25(14-16-27)24-7-3-2-4-8-24/h5-6,9-18,24,30H,2-4,7-8,19-22H2,1H3. The fourth-order valence-electron chi connectivity index (χ4n) is 5.80. The van der Waals surface area contributed by atoms with E-state index in [4.69, 9.17) is 4.74 Å². The maximum absolute atomic E-state index is 13.6. The summed E-state index contributed by atoms with van der Waals surface area (Å²) in [5.74, 6) is -0.321. The molecule has 1 unspecified atom stereocenters. The van der Waals surface area contributed by atoms with Gasteiger partial charge in [0.2, 0.25) is 10.0 Å². The lowest BCUT2D eigenvalue weighted by molar-refractivity contribution is -0.143. The van der Waals surface area contributed by atoms with Crippen molar-refractivity contribution in [1.82, 2.24) is 4.31 Å². The van der Waals surface area contributed by atoms with E-state index in [1.165, 1.54) is 42.0 Å². The van der Waals surface area contributed by atoms with E-state index in [1.54, 1.807) is 24.3 Å². The molecule has 2 aliphatic rings. The molecule has 1 atom stereocenters. The molecule has 0 saturated heterocycles. The number of esters is 1. The van der Waals surface area contributed by atoms with Crippen LogP contribution in [0.25, 0.3) is 0 Å². The molecule has 39 heavy (non-hydrogen) atoms. The van der Waals surface area contributed by atoms with E-state index in [0.717, 1.165) is 16.7 Å². The van der Waals surface area contributed by atoms with E-state index in [0.29, 0.717) is 17.9 Å². The summed E-state index contributed by atoms with van der Waals surface area (Å²) >= 11 is 0. The Hall–Kier alpha value is -3.29. The molecule has 3 aromatic carbocycles. The Morgan fingerprint density at radius 3 is 2.31 bits per heavy atom. The average molecular weight is 546 g/mol. The third-order valence-corrected chi connectivity index (χ3v) is 9.95. The second kappa shape index (κ2) is 11.8. The third-order valence-electron chi connectivity index (χ3n) is 8.02. The van der Waals surface area contributed by atoms with Gasteiger partial charge in [-0.3, -0.25) is 9.59 Å². The maximum Gasteiger partial charge on any atom is 0.308 e. The van der Waals surface area contributed by atoms with Crippen molar-refractivity contribution in [2.24, 2.45) is 0 Å². The van der Waals surface area contributed by atoms with Crippen molar-refractivity contribution in [3.8, 4) is 0 Å². The summed E-state index contributed by atoms with van der Waals surface area (Å²) in [5, 5.41) is 0. The number of aryl methyl sites for hydroxylation is 1. The molecule has 0 radical (unpaired) electrons. The first-order valence-corrected chi connectivity index (χ1v) is 15.2. The highest BCUT2D eigenvalue weighted by atomic mass is 32.2. The minimum Gasteiger partial charge on any atom is -0.457 e. The van der Waals surface area contributed by atoms with Gasteiger partial charge in [0.15, 0.2) is 12.4 Å². The van der Waals surface area contributed by atoms with Gasteiger partial charge in [-0.25, -0.2) is 8.42 Å². The largest absolute Gasteiger partial charge is 0.457 e. The summed E-state index contributed by atoms with van der Waals surface area (Å²) in [4.78, 5) is 25.9. The minimum absolute atomic E-state index is 0.171. The summed E-state index contributed by atoms with van der Waals surface area (Å²) in [7, 11) is -3.85. The molecule has 3 aromatic rings. The Labute approximate surface area is 231 Å². The highest BCUT2D eigenvalue weighted by Crippen LogP contribution is 2.37. The molecule has 1 heterocycles. The first-order chi connectivity index (χ1) is 18.8. The van der Waals surface area contributed by atoms with Crippen LogP contribution in [0.5, 0.6) is 0 Å². The van der Waals surface area contributed by atoms with Crippen molar-refractivity contribution in [1.29, 1.82) is 0 Å². The Morgan fingerprint density at radius 2 is 1.59 bits per heavy atom. The van der Waals surface area contributed by atoms with Crippen LogP contribution in [0.1, 0.15) is 83.1 Å². The van der Waals surface area contributed by atoms with E-state index >= 15 is 0 Å². The number of fused-ring (bicyclic) bond motifs is 1. The molecule has 1 saturated carbocycles. The Kier molecular flexibility index (Phi) is 8.29. The molecular weight excluding hydrogens is 510 g/mol. The quantitative estimate of drug-likeness (QED) is 0.251. The highest BCUT2D eigenvalue weighted by Gasteiger charge is 2.38. The lowest BCUT2D eigenvalue weighted by Gasteiger charge is -2.36. The van der Waals surface area contributed by atoms with Gasteiger partial charge >= 0.3 is 5.97 Å².